The number of alkyl halides is 3. The Balaban J connectivity index is 1.34. The number of carbonyl (C=O) groups is 1. The number of benzene rings is 1. The minimum absolute atomic E-state index is 0.0548. The second kappa shape index (κ2) is 7.92. The lowest BCUT2D eigenvalue weighted by Crippen LogP contribution is -2.40. The zero-order valence-electron chi connectivity index (χ0n) is 15.9. The third-order valence-corrected chi connectivity index (χ3v) is 5.36. The number of piperidine rings is 1. The van der Waals surface area contributed by atoms with Gasteiger partial charge in [-0.15, -0.1) is 0 Å². The first-order valence-electron chi connectivity index (χ1n) is 9.56. The molecule has 1 fully saturated rings. The highest BCUT2D eigenvalue weighted by molar-refractivity contribution is 5.86. The van der Waals surface area contributed by atoms with Crippen molar-refractivity contribution in [2.75, 3.05) is 13.1 Å². The van der Waals surface area contributed by atoms with Crippen LogP contribution in [0.3, 0.4) is 0 Å². The third-order valence-electron chi connectivity index (χ3n) is 5.36. The molecule has 30 heavy (non-hydrogen) atoms. The van der Waals surface area contributed by atoms with Gasteiger partial charge in [0.25, 0.3) is 5.56 Å². The summed E-state index contributed by atoms with van der Waals surface area (Å²) in [5.41, 5.74) is -0.687. The van der Waals surface area contributed by atoms with Crippen molar-refractivity contribution in [3.05, 3.63) is 58.4 Å². The van der Waals surface area contributed by atoms with Gasteiger partial charge in [-0.2, -0.15) is 13.2 Å². The summed E-state index contributed by atoms with van der Waals surface area (Å²) in [4.78, 5) is 29.7. The summed E-state index contributed by atoms with van der Waals surface area (Å²) in [6.45, 7) is 1.31. The van der Waals surface area contributed by atoms with Crippen LogP contribution in [-0.4, -0.2) is 38.6 Å². The summed E-state index contributed by atoms with van der Waals surface area (Å²) in [7, 11) is 0. The fraction of sp³-hybridized carbons (Fsp3) is 0.400. The van der Waals surface area contributed by atoms with E-state index < -0.39 is 17.4 Å². The number of rotatable bonds is 4. The van der Waals surface area contributed by atoms with Crippen molar-refractivity contribution in [3.63, 3.8) is 0 Å². The fourth-order valence-corrected chi connectivity index (χ4v) is 3.68. The lowest BCUT2D eigenvalue weighted by Gasteiger charge is -2.32. The average molecular weight is 420 g/mol. The molecule has 1 aromatic carbocycles. The number of amides is 1. The molecule has 0 spiro atoms. The molecule has 1 aliphatic rings. The maximum atomic E-state index is 12.6. The van der Waals surface area contributed by atoms with E-state index in [0.717, 1.165) is 11.7 Å². The monoisotopic (exact) mass is 420 g/mol. The first kappa shape index (κ1) is 20.1. The van der Waals surface area contributed by atoms with Crippen LogP contribution in [0.4, 0.5) is 13.2 Å². The average Bonchev–Trinajstić information content (AvgIpc) is 3.12. The van der Waals surface area contributed by atoms with Crippen LogP contribution >= 0.6 is 0 Å². The van der Waals surface area contributed by atoms with Crippen molar-refractivity contribution < 1.29 is 22.5 Å². The number of carbonyl (C=O) groups excluding carboxylic acids is 1. The summed E-state index contributed by atoms with van der Waals surface area (Å²) >= 11 is 0. The van der Waals surface area contributed by atoms with Gasteiger partial charge in [-0.05, 0) is 30.9 Å². The predicted molar refractivity (Wildman–Crippen MR) is 101 cm³/mol. The first-order valence-corrected chi connectivity index (χ1v) is 9.56. The van der Waals surface area contributed by atoms with E-state index in [9.17, 15) is 22.8 Å². The van der Waals surface area contributed by atoms with E-state index in [-0.39, 0.29) is 24.8 Å². The maximum absolute atomic E-state index is 12.6. The Morgan fingerprint density at radius 2 is 1.93 bits per heavy atom. The van der Waals surface area contributed by atoms with Crippen LogP contribution in [0.15, 0.2) is 46.0 Å². The molecule has 1 amide bonds. The number of aromatic nitrogens is 3. The number of para-hydroxylation sites is 1. The lowest BCUT2D eigenvalue weighted by atomic mass is 9.96. The number of nitrogens with zero attached hydrogens (tertiary/aromatic N) is 4. The smallest absolute Gasteiger partial charge is 0.356 e. The molecule has 3 heterocycles. The molecule has 0 radical (unpaired) electrons. The maximum Gasteiger partial charge on any atom is 0.433 e. The quantitative estimate of drug-likeness (QED) is 0.648. The molecule has 1 aliphatic heterocycles. The minimum Gasteiger partial charge on any atom is -0.356 e. The van der Waals surface area contributed by atoms with Gasteiger partial charge in [-0.1, -0.05) is 17.3 Å². The van der Waals surface area contributed by atoms with Crippen molar-refractivity contribution in [2.24, 2.45) is 5.92 Å². The van der Waals surface area contributed by atoms with E-state index in [1.165, 1.54) is 4.57 Å². The predicted octanol–water partition coefficient (Wildman–Crippen LogP) is 2.88. The van der Waals surface area contributed by atoms with E-state index in [2.05, 4.69) is 10.1 Å². The van der Waals surface area contributed by atoms with Gasteiger partial charge in [0.05, 0.1) is 12.7 Å². The summed E-state index contributed by atoms with van der Waals surface area (Å²) in [6.07, 6.45) is -2.25. The Bertz CT molecular complexity index is 1110. The van der Waals surface area contributed by atoms with E-state index in [1.54, 1.807) is 11.0 Å². The van der Waals surface area contributed by atoms with Gasteiger partial charge in [0.15, 0.2) is 11.3 Å². The summed E-state index contributed by atoms with van der Waals surface area (Å²) in [5.74, 6) is 0.0269. The summed E-state index contributed by atoms with van der Waals surface area (Å²) < 4.78 is 44.3. The second-order valence-electron chi connectivity index (χ2n) is 7.39. The minimum atomic E-state index is -4.64. The van der Waals surface area contributed by atoms with Gasteiger partial charge in [0, 0.05) is 31.1 Å². The molecule has 0 bridgehead atoms. The first-order chi connectivity index (χ1) is 14.3. The van der Waals surface area contributed by atoms with E-state index in [0.29, 0.717) is 43.3 Å². The third kappa shape index (κ3) is 4.22. The molecule has 0 aliphatic carbocycles. The van der Waals surface area contributed by atoms with Gasteiger partial charge in [-0.25, -0.2) is 4.98 Å². The van der Waals surface area contributed by atoms with Crippen LogP contribution in [0.2, 0.25) is 0 Å². The SMILES string of the molecule is O=C(Cc1noc2ccccc12)N1CCC(Cn2cnc(C(F)(F)F)cc2=O)CC1. The highest BCUT2D eigenvalue weighted by Gasteiger charge is 2.33. The van der Waals surface area contributed by atoms with Crippen LogP contribution in [-0.2, 0) is 23.9 Å². The van der Waals surface area contributed by atoms with Crippen LogP contribution in [0.1, 0.15) is 24.2 Å². The molecule has 0 saturated carbocycles. The molecule has 0 N–H and O–H groups in total. The Labute approximate surface area is 169 Å². The fourth-order valence-electron chi connectivity index (χ4n) is 3.68. The molecular formula is C20H19F3N4O3. The van der Waals surface area contributed by atoms with Gasteiger partial charge in [0.1, 0.15) is 5.69 Å². The van der Waals surface area contributed by atoms with Crippen molar-refractivity contribution in [2.45, 2.75) is 32.0 Å². The number of hydrogen-bond acceptors (Lipinski definition) is 5. The molecule has 7 nitrogen and oxygen atoms in total. The number of halogens is 3. The molecular weight excluding hydrogens is 401 g/mol. The number of hydrogen-bond donors (Lipinski definition) is 0. The zero-order valence-corrected chi connectivity index (χ0v) is 15.9. The van der Waals surface area contributed by atoms with Crippen molar-refractivity contribution in [1.82, 2.24) is 19.6 Å². The largest absolute Gasteiger partial charge is 0.433 e. The molecule has 0 unspecified atom stereocenters. The Kier molecular flexibility index (Phi) is 5.31. The van der Waals surface area contributed by atoms with Crippen molar-refractivity contribution in [3.8, 4) is 0 Å². The van der Waals surface area contributed by atoms with Gasteiger partial charge >= 0.3 is 6.18 Å². The van der Waals surface area contributed by atoms with Crippen LogP contribution in [0, 0.1) is 5.92 Å². The van der Waals surface area contributed by atoms with Crippen molar-refractivity contribution >= 4 is 16.9 Å². The Hall–Kier alpha value is -3.17. The van der Waals surface area contributed by atoms with Gasteiger partial charge < -0.3 is 9.42 Å². The number of likely N-dealkylation sites (tertiary alicyclic amines) is 1. The molecule has 10 heteroatoms. The van der Waals surface area contributed by atoms with Crippen LogP contribution < -0.4 is 5.56 Å². The Morgan fingerprint density at radius 1 is 1.20 bits per heavy atom. The lowest BCUT2D eigenvalue weighted by molar-refractivity contribution is -0.141. The van der Waals surface area contributed by atoms with E-state index >= 15 is 0 Å². The standard InChI is InChI=1S/C20H19F3N4O3/c21-20(22,23)17-10-19(29)27(12-24-17)11-13-5-7-26(8-6-13)18(28)9-15-14-3-1-2-4-16(14)30-25-15/h1-4,10,12-13H,5-9,11H2. The summed E-state index contributed by atoms with van der Waals surface area (Å²) in [5, 5.41) is 4.80. The van der Waals surface area contributed by atoms with Crippen molar-refractivity contribution in [1.29, 1.82) is 0 Å². The highest BCUT2D eigenvalue weighted by Crippen LogP contribution is 2.26. The van der Waals surface area contributed by atoms with Gasteiger partial charge in [0.2, 0.25) is 5.91 Å². The number of fused-ring (bicyclic) bond motifs is 1. The van der Waals surface area contributed by atoms with E-state index in [1.807, 2.05) is 18.2 Å². The molecule has 3 aromatic rings. The van der Waals surface area contributed by atoms with E-state index in [4.69, 9.17) is 4.52 Å². The van der Waals surface area contributed by atoms with Crippen LogP contribution in [0.5, 0.6) is 0 Å². The summed E-state index contributed by atoms with van der Waals surface area (Å²) in [6, 6.07) is 7.86. The van der Waals surface area contributed by atoms with Crippen LogP contribution in [0.25, 0.3) is 11.0 Å². The highest BCUT2D eigenvalue weighted by atomic mass is 19.4. The molecule has 158 valence electrons. The molecule has 2 aromatic heterocycles. The normalized spacial score (nSPS) is 15.6. The second-order valence-corrected chi connectivity index (χ2v) is 7.39. The molecule has 4 rings (SSSR count). The molecule has 0 atom stereocenters. The molecule has 1 saturated heterocycles. The zero-order chi connectivity index (χ0) is 21.3. The topological polar surface area (TPSA) is 81.2 Å². The Morgan fingerprint density at radius 3 is 2.63 bits per heavy atom. The van der Waals surface area contributed by atoms with Gasteiger partial charge in [-0.3, -0.25) is 14.2 Å².